The number of benzene rings is 2. The summed E-state index contributed by atoms with van der Waals surface area (Å²) in [7, 11) is 0. The third-order valence-corrected chi connectivity index (χ3v) is 4.05. The van der Waals surface area contributed by atoms with Crippen LogP contribution in [0, 0.1) is 5.92 Å². The Morgan fingerprint density at radius 2 is 1.80 bits per heavy atom. The Hall–Kier alpha value is -1.89. The minimum atomic E-state index is 0.0714. The number of ketones is 1. The maximum Gasteiger partial charge on any atom is 0.170 e. The highest BCUT2D eigenvalue weighted by atomic mass is 16.1. The highest BCUT2D eigenvalue weighted by Gasteiger charge is 2.32. The number of Topliss-reactive ketones (excluding diaryl/α,β-unsaturated/α-hetero) is 1. The van der Waals surface area contributed by atoms with Gasteiger partial charge in [-0.05, 0) is 35.4 Å². The fourth-order valence-corrected chi connectivity index (χ4v) is 2.97. The Kier molecular flexibility index (Phi) is 3.43. The highest BCUT2D eigenvalue weighted by Crippen LogP contribution is 2.37. The third kappa shape index (κ3) is 2.40. The van der Waals surface area contributed by atoms with Gasteiger partial charge in [0, 0.05) is 5.56 Å². The van der Waals surface area contributed by atoms with Crippen LogP contribution in [0.1, 0.15) is 46.8 Å². The van der Waals surface area contributed by atoms with E-state index in [2.05, 4.69) is 38.1 Å². The first kappa shape index (κ1) is 13.1. The van der Waals surface area contributed by atoms with Crippen molar-refractivity contribution in [3.8, 4) is 0 Å². The second-order valence-corrected chi connectivity index (χ2v) is 6.11. The fraction of sp³-hybridized carbons (Fsp3) is 0.316. The first-order chi connectivity index (χ1) is 9.65. The van der Waals surface area contributed by atoms with Gasteiger partial charge in [0.05, 0.1) is 5.92 Å². The molecule has 1 atom stereocenters. The largest absolute Gasteiger partial charge is 0.293 e. The molecule has 0 amide bonds. The van der Waals surface area contributed by atoms with Crippen LogP contribution in [0.5, 0.6) is 0 Å². The minimum Gasteiger partial charge on any atom is -0.293 e. The second kappa shape index (κ2) is 5.24. The molecule has 0 saturated carbocycles. The van der Waals surface area contributed by atoms with E-state index in [-0.39, 0.29) is 11.7 Å². The molecule has 20 heavy (non-hydrogen) atoms. The van der Waals surface area contributed by atoms with Gasteiger partial charge in [-0.15, -0.1) is 0 Å². The number of carbonyl (C=O) groups excluding carboxylic acids is 1. The lowest BCUT2D eigenvalue weighted by Crippen LogP contribution is -2.25. The van der Waals surface area contributed by atoms with Crippen LogP contribution in [0.15, 0.2) is 48.5 Å². The van der Waals surface area contributed by atoms with Crippen LogP contribution < -0.4 is 0 Å². The minimum absolute atomic E-state index is 0.0714. The molecular formula is C19H20O. The smallest absolute Gasteiger partial charge is 0.170 e. The summed E-state index contributed by atoms with van der Waals surface area (Å²) in [6.45, 7) is 4.43. The topological polar surface area (TPSA) is 17.1 Å². The zero-order chi connectivity index (χ0) is 14.1. The molecule has 0 bridgehead atoms. The van der Waals surface area contributed by atoms with Gasteiger partial charge in [0.15, 0.2) is 5.78 Å². The van der Waals surface area contributed by atoms with Crippen molar-refractivity contribution in [2.75, 3.05) is 0 Å². The van der Waals surface area contributed by atoms with E-state index in [1.165, 1.54) is 16.7 Å². The zero-order valence-electron chi connectivity index (χ0n) is 12.1. The number of rotatable bonds is 4. The normalized spacial score (nSPS) is 16.6. The first-order valence-corrected chi connectivity index (χ1v) is 7.36. The van der Waals surface area contributed by atoms with Gasteiger partial charge >= 0.3 is 0 Å². The third-order valence-electron chi connectivity index (χ3n) is 4.05. The number of hydrogen-bond acceptors (Lipinski definition) is 1. The highest BCUT2D eigenvalue weighted by molar-refractivity contribution is 6.02. The van der Waals surface area contributed by atoms with Gasteiger partial charge < -0.3 is 0 Å². The van der Waals surface area contributed by atoms with Crippen LogP contribution >= 0.6 is 0 Å². The molecule has 1 nitrogen and oxygen atoms in total. The quantitative estimate of drug-likeness (QED) is 0.748. The van der Waals surface area contributed by atoms with Crippen molar-refractivity contribution < 1.29 is 4.79 Å². The average Bonchev–Trinajstić information content (AvgIpc) is 2.40. The van der Waals surface area contributed by atoms with E-state index in [1.807, 2.05) is 24.3 Å². The number of carbonyl (C=O) groups is 1. The second-order valence-electron chi connectivity index (χ2n) is 6.11. The van der Waals surface area contributed by atoms with Crippen molar-refractivity contribution in [2.24, 2.45) is 5.92 Å². The summed E-state index contributed by atoms with van der Waals surface area (Å²) in [4.78, 5) is 12.5. The van der Waals surface area contributed by atoms with E-state index in [4.69, 9.17) is 0 Å². The molecule has 0 heterocycles. The van der Waals surface area contributed by atoms with Crippen molar-refractivity contribution in [1.82, 2.24) is 0 Å². The van der Waals surface area contributed by atoms with Gasteiger partial charge in [0.1, 0.15) is 0 Å². The van der Waals surface area contributed by atoms with E-state index in [1.54, 1.807) is 0 Å². The van der Waals surface area contributed by atoms with Gasteiger partial charge in [0.2, 0.25) is 0 Å². The van der Waals surface area contributed by atoms with E-state index in [0.29, 0.717) is 5.92 Å². The van der Waals surface area contributed by atoms with Crippen molar-refractivity contribution in [3.63, 3.8) is 0 Å². The molecule has 0 spiro atoms. The lowest BCUT2D eigenvalue weighted by molar-refractivity contribution is 0.0949. The molecule has 3 rings (SSSR count). The van der Waals surface area contributed by atoms with E-state index in [9.17, 15) is 4.79 Å². The summed E-state index contributed by atoms with van der Waals surface area (Å²) in [6.07, 6.45) is 1.96. The van der Waals surface area contributed by atoms with E-state index < -0.39 is 0 Å². The Morgan fingerprint density at radius 3 is 2.45 bits per heavy atom. The maximum atomic E-state index is 12.5. The lowest BCUT2D eigenvalue weighted by Gasteiger charge is -2.28. The Morgan fingerprint density at radius 1 is 1.10 bits per heavy atom. The van der Waals surface area contributed by atoms with Crippen molar-refractivity contribution in [3.05, 3.63) is 70.8 Å². The Bertz CT molecular complexity index is 622. The van der Waals surface area contributed by atoms with Gasteiger partial charge in [-0.2, -0.15) is 0 Å². The molecule has 1 aliphatic rings. The molecule has 0 N–H and O–H groups in total. The molecule has 0 aromatic heterocycles. The maximum absolute atomic E-state index is 12.5. The van der Waals surface area contributed by atoms with Crippen LogP contribution in [-0.4, -0.2) is 5.78 Å². The predicted molar refractivity (Wildman–Crippen MR) is 82.2 cm³/mol. The summed E-state index contributed by atoms with van der Waals surface area (Å²) < 4.78 is 0. The number of hydrogen-bond donors (Lipinski definition) is 0. The number of fused-ring (bicyclic) bond motifs is 1. The molecule has 0 fully saturated rings. The van der Waals surface area contributed by atoms with Gasteiger partial charge in [0.25, 0.3) is 0 Å². The Balaban J connectivity index is 1.76. The molecule has 102 valence electrons. The average molecular weight is 264 g/mol. The van der Waals surface area contributed by atoms with Gasteiger partial charge in [-0.3, -0.25) is 4.79 Å². The molecule has 1 aliphatic carbocycles. The first-order valence-electron chi connectivity index (χ1n) is 7.36. The van der Waals surface area contributed by atoms with Crippen LogP contribution in [0.2, 0.25) is 0 Å². The SMILES string of the molecule is CC(C)Cc1ccc(C(=O)C2Cc3ccccc32)cc1. The molecule has 0 radical (unpaired) electrons. The molecule has 0 saturated heterocycles. The molecule has 0 aliphatic heterocycles. The standard InChI is InChI=1S/C19H20O/c1-13(2)11-14-7-9-15(10-8-14)19(20)18-12-16-5-3-4-6-17(16)18/h3-10,13,18H,11-12H2,1-2H3. The van der Waals surface area contributed by atoms with Gasteiger partial charge in [-0.1, -0.05) is 62.4 Å². The zero-order valence-corrected chi connectivity index (χ0v) is 12.1. The summed E-state index contributed by atoms with van der Waals surface area (Å²) >= 11 is 0. The van der Waals surface area contributed by atoms with E-state index >= 15 is 0 Å². The molecule has 1 heteroatoms. The summed E-state index contributed by atoms with van der Waals surface area (Å²) in [5, 5.41) is 0. The van der Waals surface area contributed by atoms with Crippen molar-refractivity contribution >= 4 is 5.78 Å². The molecule has 2 aromatic carbocycles. The Labute approximate surface area is 120 Å². The molecular weight excluding hydrogens is 244 g/mol. The monoisotopic (exact) mass is 264 g/mol. The predicted octanol–water partition coefficient (Wildman–Crippen LogP) is 4.41. The summed E-state index contributed by atoms with van der Waals surface area (Å²) in [6, 6.07) is 16.4. The van der Waals surface area contributed by atoms with Crippen molar-refractivity contribution in [1.29, 1.82) is 0 Å². The van der Waals surface area contributed by atoms with Crippen LogP contribution in [-0.2, 0) is 12.8 Å². The van der Waals surface area contributed by atoms with Crippen LogP contribution in [0.3, 0.4) is 0 Å². The summed E-state index contributed by atoms with van der Waals surface area (Å²) in [5.74, 6) is 0.983. The fourth-order valence-electron chi connectivity index (χ4n) is 2.97. The van der Waals surface area contributed by atoms with Crippen LogP contribution in [0.4, 0.5) is 0 Å². The van der Waals surface area contributed by atoms with Gasteiger partial charge in [-0.25, -0.2) is 0 Å². The lowest BCUT2D eigenvalue weighted by atomic mass is 9.74. The van der Waals surface area contributed by atoms with E-state index in [0.717, 1.165) is 18.4 Å². The summed E-state index contributed by atoms with van der Waals surface area (Å²) in [5.41, 5.74) is 4.69. The molecule has 2 aromatic rings. The van der Waals surface area contributed by atoms with Crippen molar-refractivity contribution in [2.45, 2.75) is 32.6 Å². The van der Waals surface area contributed by atoms with Crippen LogP contribution in [0.25, 0.3) is 0 Å². The molecule has 1 unspecified atom stereocenters.